The van der Waals surface area contributed by atoms with Gasteiger partial charge >= 0.3 is 0 Å². The van der Waals surface area contributed by atoms with Crippen molar-refractivity contribution < 1.29 is 14.2 Å². The number of ether oxygens (including phenoxy) is 3. The molecule has 0 unspecified atom stereocenters. The predicted octanol–water partition coefficient (Wildman–Crippen LogP) is 5.65. The highest BCUT2D eigenvalue weighted by atomic mass is 32.1. The molecule has 0 amide bonds. The Morgan fingerprint density at radius 3 is 2.78 bits per heavy atom. The van der Waals surface area contributed by atoms with E-state index in [0.717, 1.165) is 18.8 Å². The van der Waals surface area contributed by atoms with Gasteiger partial charge in [-0.1, -0.05) is 30.0 Å². The molecule has 1 heterocycles. The number of nitrogens with zero attached hydrogens (tertiary/aromatic N) is 1. The molecular formula is C27H35NO3S. The Hall–Kier alpha value is -2.10. The molecule has 0 atom stereocenters. The highest BCUT2D eigenvalue weighted by Gasteiger charge is 2.27. The largest absolute Gasteiger partial charge is 0.491 e. The second-order valence-electron chi connectivity index (χ2n) is 8.34. The van der Waals surface area contributed by atoms with Crippen LogP contribution in [-0.2, 0) is 9.47 Å². The highest BCUT2D eigenvalue weighted by Crippen LogP contribution is 2.27. The van der Waals surface area contributed by atoms with Gasteiger partial charge in [0.15, 0.2) is 0 Å². The summed E-state index contributed by atoms with van der Waals surface area (Å²) in [5, 5.41) is 4.24. The quantitative estimate of drug-likeness (QED) is 0.290. The van der Waals surface area contributed by atoms with Crippen molar-refractivity contribution in [2.45, 2.75) is 45.3 Å². The molecule has 1 aromatic carbocycles. The van der Waals surface area contributed by atoms with Gasteiger partial charge in [-0.2, -0.15) is 11.3 Å². The maximum absolute atomic E-state index is 5.88. The van der Waals surface area contributed by atoms with Crippen molar-refractivity contribution in [1.82, 2.24) is 4.90 Å². The SMILES string of the molecule is CCOC(C)(C)C#CC=CCN(CCOCCOc1cccc(-c2ccsc2)c1)C1CC1. The van der Waals surface area contributed by atoms with Gasteiger partial charge in [0.1, 0.15) is 18.0 Å². The van der Waals surface area contributed by atoms with Crippen LogP contribution in [0.15, 0.2) is 53.2 Å². The van der Waals surface area contributed by atoms with Gasteiger partial charge in [-0.05, 0) is 79.8 Å². The zero-order valence-corrected chi connectivity index (χ0v) is 20.3. The van der Waals surface area contributed by atoms with E-state index in [9.17, 15) is 0 Å². The molecule has 0 N–H and O–H groups in total. The molecule has 5 heteroatoms. The van der Waals surface area contributed by atoms with Crippen LogP contribution in [0.25, 0.3) is 11.1 Å². The molecule has 1 saturated carbocycles. The highest BCUT2D eigenvalue weighted by molar-refractivity contribution is 7.08. The van der Waals surface area contributed by atoms with E-state index < -0.39 is 5.60 Å². The third-order valence-electron chi connectivity index (χ3n) is 5.19. The summed E-state index contributed by atoms with van der Waals surface area (Å²) in [6.07, 6.45) is 6.63. The Labute approximate surface area is 197 Å². The molecule has 1 aromatic heterocycles. The van der Waals surface area contributed by atoms with Crippen LogP contribution in [0.2, 0.25) is 0 Å². The van der Waals surface area contributed by atoms with E-state index in [1.165, 1.54) is 24.0 Å². The average molecular weight is 454 g/mol. The van der Waals surface area contributed by atoms with Gasteiger partial charge in [-0.3, -0.25) is 4.90 Å². The fourth-order valence-corrected chi connectivity index (χ4v) is 4.08. The van der Waals surface area contributed by atoms with Crippen LogP contribution < -0.4 is 4.74 Å². The minimum absolute atomic E-state index is 0.392. The molecule has 0 saturated heterocycles. The van der Waals surface area contributed by atoms with Crippen molar-refractivity contribution in [2.75, 3.05) is 39.5 Å². The molecule has 1 aliphatic rings. The summed E-state index contributed by atoms with van der Waals surface area (Å²) >= 11 is 1.70. The van der Waals surface area contributed by atoms with Gasteiger partial charge in [0.25, 0.3) is 0 Å². The third kappa shape index (κ3) is 8.80. The summed E-state index contributed by atoms with van der Waals surface area (Å²) in [6.45, 7) is 10.4. The smallest absolute Gasteiger partial charge is 0.123 e. The Balaban J connectivity index is 1.32. The Morgan fingerprint density at radius 2 is 2.03 bits per heavy atom. The maximum atomic E-state index is 5.88. The van der Waals surface area contributed by atoms with Gasteiger partial charge < -0.3 is 14.2 Å². The second kappa shape index (κ2) is 12.8. The van der Waals surface area contributed by atoms with Crippen LogP contribution in [0.4, 0.5) is 0 Å². The molecule has 0 aliphatic heterocycles. The van der Waals surface area contributed by atoms with Gasteiger partial charge in [0.05, 0.1) is 13.2 Å². The predicted molar refractivity (Wildman–Crippen MR) is 133 cm³/mol. The first-order valence-corrected chi connectivity index (χ1v) is 12.4. The van der Waals surface area contributed by atoms with Crippen molar-refractivity contribution in [3.8, 4) is 28.7 Å². The summed E-state index contributed by atoms with van der Waals surface area (Å²) < 4.78 is 17.3. The number of rotatable bonds is 13. The molecular weight excluding hydrogens is 418 g/mol. The number of thiophene rings is 1. The number of allylic oxidation sites excluding steroid dienone is 1. The number of hydrogen-bond acceptors (Lipinski definition) is 5. The first-order chi connectivity index (χ1) is 15.6. The molecule has 32 heavy (non-hydrogen) atoms. The molecule has 2 aromatic rings. The number of hydrogen-bond donors (Lipinski definition) is 0. The molecule has 0 radical (unpaired) electrons. The molecule has 0 spiro atoms. The van der Waals surface area contributed by atoms with E-state index in [2.05, 4.69) is 51.8 Å². The van der Waals surface area contributed by atoms with Gasteiger partial charge in [-0.25, -0.2) is 0 Å². The standard InChI is InChI=1S/C27H35NO3S/c1-4-31-27(2,3)14-6-5-7-15-28(25-11-12-25)16-17-29-18-19-30-26-10-8-9-23(21-26)24-13-20-32-22-24/h5,7-10,13,20-22,25H,4,11-12,15-19H2,1-3H3. The maximum Gasteiger partial charge on any atom is 0.123 e. The second-order valence-corrected chi connectivity index (χ2v) is 9.12. The molecule has 4 nitrogen and oxygen atoms in total. The van der Waals surface area contributed by atoms with Crippen molar-refractivity contribution in [3.63, 3.8) is 0 Å². The molecule has 1 fully saturated rings. The van der Waals surface area contributed by atoms with E-state index >= 15 is 0 Å². The van der Waals surface area contributed by atoms with Crippen LogP contribution >= 0.6 is 11.3 Å². The van der Waals surface area contributed by atoms with Crippen LogP contribution in [0.1, 0.15) is 33.6 Å². The Bertz CT molecular complexity index is 891. The fraction of sp³-hybridized carbons (Fsp3) is 0.481. The summed E-state index contributed by atoms with van der Waals surface area (Å²) in [5.74, 6) is 7.15. The lowest BCUT2D eigenvalue weighted by Crippen LogP contribution is -2.30. The van der Waals surface area contributed by atoms with Crippen molar-refractivity contribution in [3.05, 3.63) is 53.2 Å². The third-order valence-corrected chi connectivity index (χ3v) is 5.87. The van der Waals surface area contributed by atoms with Crippen LogP contribution in [0.5, 0.6) is 5.75 Å². The first-order valence-electron chi connectivity index (χ1n) is 11.5. The lowest BCUT2D eigenvalue weighted by molar-refractivity contribution is 0.0362. The van der Waals surface area contributed by atoms with Gasteiger partial charge in [-0.15, -0.1) is 0 Å². The first kappa shape index (κ1) is 24.5. The van der Waals surface area contributed by atoms with E-state index in [0.29, 0.717) is 32.5 Å². The van der Waals surface area contributed by atoms with Crippen LogP contribution in [0, 0.1) is 11.8 Å². The minimum atomic E-state index is -0.392. The zero-order valence-electron chi connectivity index (χ0n) is 19.5. The monoisotopic (exact) mass is 453 g/mol. The summed E-state index contributed by atoms with van der Waals surface area (Å²) in [7, 11) is 0. The topological polar surface area (TPSA) is 30.9 Å². The average Bonchev–Trinajstić information content (AvgIpc) is 3.47. The number of benzene rings is 1. The minimum Gasteiger partial charge on any atom is -0.491 e. The zero-order chi connectivity index (χ0) is 22.7. The summed E-state index contributed by atoms with van der Waals surface area (Å²) in [4.78, 5) is 2.47. The van der Waals surface area contributed by atoms with Gasteiger partial charge in [0, 0.05) is 25.7 Å². The van der Waals surface area contributed by atoms with E-state index in [1.807, 2.05) is 39.0 Å². The normalized spacial score (nSPS) is 14.0. The molecule has 3 rings (SSSR count). The fourth-order valence-electron chi connectivity index (χ4n) is 3.42. The summed E-state index contributed by atoms with van der Waals surface area (Å²) in [6, 6.07) is 11.0. The van der Waals surface area contributed by atoms with E-state index in [-0.39, 0.29) is 0 Å². The van der Waals surface area contributed by atoms with Crippen molar-refractivity contribution in [1.29, 1.82) is 0 Å². The van der Waals surface area contributed by atoms with Crippen LogP contribution in [0.3, 0.4) is 0 Å². The molecule has 0 bridgehead atoms. The molecule has 1 aliphatic carbocycles. The van der Waals surface area contributed by atoms with Crippen molar-refractivity contribution >= 4 is 11.3 Å². The lowest BCUT2D eigenvalue weighted by atomic mass is 10.1. The van der Waals surface area contributed by atoms with E-state index in [4.69, 9.17) is 14.2 Å². The summed E-state index contributed by atoms with van der Waals surface area (Å²) in [5.41, 5.74) is 2.02. The Kier molecular flexibility index (Phi) is 9.83. The molecule has 172 valence electrons. The van der Waals surface area contributed by atoms with Crippen molar-refractivity contribution in [2.24, 2.45) is 0 Å². The van der Waals surface area contributed by atoms with Gasteiger partial charge in [0.2, 0.25) is 0 Å². The Morgan fingerprint density at radius 1 is 1.16 bits per heavy atom. The lowest BCUT2D eigenvalue weighted by Gasteiger charge is -2.20. The van der Waals surface area contributed by atoms with Crippen LogP contribution in [-0.4, -0.2) is 56.1 Å². The van der Waals surface area contributed by atoms with E-state index in [1.54, 1.807) is 11.3 Å².